The summed E-state index contributed by atoms with van der Waals surface area (Å²) in [6.45, 7) is 6.87. The second-order valence-corrected chi connectivity index (χ2v) is 8.68. The van der Waals surface area contributed by atoms with Gasteiger partial charge in [-0.2, -0.15) is 0 Å². The van der Waals surface area contributed by atoms with Crippen LogP contribution in [0.4, 0.5) is 4.79 Å². The van der Waals surface area contributed by atoms with Crippen LogP contribution in [0.25, 0.3) is 0 Å². The van der Waals surface area contributed by atoms with E-state index in [-0.39, 0.29) is 23.9 Å². The molecule has 6 nitrogen and oxygen atoms in total. The van der Waals surface area contributed by atoms with Crippen LogP contribution in [0.1, 0.15) is 38.7 Å². The second kappa shape index (κ2) is 8.95. The van der Waals surface area contributed by atoms with Crippen LogP contribution in [0.3, 0.4) is 0 Å². The Kier molecular flexibility index (Phi) is 6.60. The fourth-order valence-corrected chi connectivity index (χ4v) is 4.80. The Bertz CT molecular complexity index is 681. The molecule has 2 fully saturated rings. The average molecular weight is 388 g/mol. The highest BCUT2D eigenvalue weighted by atomic mass is 16.4. The van der Waals surface area contributed by atoms with Crippen molar-refractivity contribution in [2.75, 3.05) is 20.1 Å². The van der Waals surface area contributed by atoms with Crippen LogP contribution in [-0.2, 0) is 11.3 Å². The van der Waals surface area contributed by atoms with Gasteiger partial charge in [-0.05, 0) is 43.6 Å². The molecule has 0 radical (unpaired) electrons. The molecule has 5 atom stereocenters. The molecular weight excluding hydrogens is 354 g/mol. The molecule has 2 amide bonds. The molecule has 154 valence electrons. The molecule has 1 heterocycles. The quantitative estimate of drug-likeness (QED) is 0.754. The fraction of sp³-hybridized carbons (Fsp3) is 0.636. The van der Waals surface area contributed by atoms with Gasteiger partial charge in [0.2, 0.25) is 5.91 Å². The van der Waals surface area contributed by atoms with E-state index in [0.29, 0.717) is 18.3 Å². The zero-order valence-electron chi connectivity index (χ0n) is 17.2. The molecule has 1 saturated carbocycles. The Morgan fingerprint density at radius 2 is 1.93 bits per heavy atom. The highest BCUT2D eigenvalue weighted by Gasteiger charge is 2.43. The predicted molar refractivity (Wildman–Crippen MR) is 109 cm³/mol. The lowest BCUT2D eigenvalue weighted by atomic mass is 9.96. The molecule has 28 heavy (non-hydrogen) atoms. The largest absolute Gasteiger partial charge is 0.465 e. The van der Waals surface area contributed by atoms with E-state index in [0.717, 1.165) is 26.1 Å². The first-order valence-electron chi connectivity index (χ1n) is 10.4. The molecule has 1 aliphatic carbocycles. The first-order valence-corrected chi connectivity index (χ1v) is 10.4. The Morgan fingerprint density at radius 3 is 2.61 bits per heavy atom. The molecule has 1 aromatic rings. The lowest BCUT2D eigenvalue weighted by molar-refractivity contribution is -0.126. The summed E-state index contributed by atoms with van der Waals surface area (Å²) >= 11 is 0. The van der Waals surface area contributed by atoms with Gasteiger partial charge in [-0.3, -0.25) is 9.69 Å². The Morgan fingerprint density at radius 1 is 1.21 bits per heavy atom. The average Bonchev–Trinajstić information content (AvgIpc) is 3.22. The van der Waals surface area contributed by atoms with Crippen LogP contribution in [0, 0.1) is 17.8 Å². The van der Waals surface area contributed by atoms with Gasteiger partial charge in [-0.15, -0.1) is 0 Å². The lowest BCUT2D eigenvalue weighted by Crippen LogP contribution is -2.44. The minimum Gasteiger partial charge on any atom is -0.465 e. The summed E-state index contributed by atoms with van der Waals surface area (Å²) in [7, 11) is 1.55. The van der Waals surface area contributed by atoms with Crippen LogP contribution in [-0.4, -0.2) is 59.1 Å². The minimum atomic E-state index is -0.955. The number of carbonyl (C=O) groups excluding carboxylic acids is 1. The number of likely N-dealkylation sites (tertiary alicyclic amines) is 1. The van der Waals surface area contributed by atoms with Crippen molar-refractivity contribution in [3.63, 3.8) is 0 Å². The first-order chi connectivity index (χ1) is 13.3. The number of nitrogens with one attached hydrogen (secondary N) is 1. The molecule has 6 heteroatoms. The van der Waals surface area contributed by atoms with Crippen molar-refractivity contribution >= 4 is 12.0 Å². The topological polar surface area (TPSA) is 72.9 Å². The summed E-state index contributed by atoms with van der Waals surface area (Å²) < 4.78 is 0. The highest BCUT2D eigenvalue weighted by Crippen LogP contribution is 2.38. The predicted octanol–water partition coefficient (Wildman–Crippen LogP) is 3.04. The van der Waals surface area contributed by atoms with Crippen LogP contribution in [0.2, 0.25) is 0 Å². The van der Waals surface area contributed by atoms with Crippen LogP contribution >= 0.6 is 0 Å². The summed E-state index contributed by atoms with van der Waals surface area (Å²) in [5.41, 5.74) is 1.34. The number of carboxylic acid groups (broad SMARTS) is 1. The van der Waals surface area contributed by atoms with Gasteiger partial charge < -0.3 is 15.3 Å². The van der Waals surface area contributed by atoms with Gasteiger partial charge in [0.05, 0.1) is 0 Å². The molecule has 3 rings (SSSR count). The maximum atomic E-state index is 12.7. The molecule has 2 N–H and O–H groups in total. The van der Waals surface area contributed by atoms with Crippen molar-refractivity contribution in [3.8, 4) is 0 Å². The van der Waals surface area contributed by atoms with Gasteiger partial charge in [0, 0.05) is 44.7 Å². The summed E-state index contributed by atoms with van der Waals surface area (Å²) in [5.74, 6) is 1.05. The normalized spacial score (nSPS) is 26.5. The van der Waals surface area contributed by atoms with Gasteiger partial charge in [-0.25, -0.2) is 4.79 Å². The smallest absolute Gasteiger partial charge is 0.407 e. The van der Waals surface area contributed by atoms with Gasteiger partial charge in [0.25, 0.3) is 0 Å². The van der Waals surface area contributed by atoms with E-state index in [1.54, 1.807) is 7.05 Å². The third-order valence-corrected chi connectivity index (χ3v) is 6.61. The SMILES string of the molecule is CC(C[C@H](C)C(=O)N[C@H]1CC[C@@H]2CN(Cc3ccccc3)C[C@@H]21)N(C)C(=O)O. The molecule has 0 aromatic heterocycles. The molecule has 1 unspecified atom stereocenters. The van der Waals surface area contributed by atoms with Crippen LogP contribution in [0.5, 0.6) is 0 Å². The summed E-state index contributed by atoms with van der Waals surface area (Å²) in [5, 5.41) is 12.4. The van der Waals surface area contributed by atoms with E-state index in [2.05, 4.69) is 34.5 Å². The number of hydrogen-bond donors (Lipinski definition) is 2. The standard InChI is InChI=1S/C22H33N3O3/c1-15(11-16(2)24(3)22(27)28)21(26)23-20-10-9-18-13-25(14-19(18)20)12-17-7-5-4-6-8-17/h4-8,15-16,18-20H,9-14H2,1-3H3,(H,23,26)(H,27,28)/t15-,16?,18+,19-,20-/m0/s1. The summed E-state index contributed by atoms with van der Waals surface area (Å²) in [6, 6.07) is 10.6. The van der Waals surface area contributed by atoms with E-state index >= 15 is 0 Å². The molecule has 1 saturated heterocycles. The molecule has 2 aliphatic rings. The lowest BCUT2D eigenvalue weighted by Gasteiger charge is -2.26. The third-order valence-electron chi connectivity index (χ3n) is 6.61. The van der Waals surface area contributed by atoms with E-state index in [4.69, 9.17) is 5.11 Å². The van der Waals surface area contributed by atoms with Crippen molar-refractivity contribution in [1.82, 2.24) is 15.1 Å². The Balaban J connectivity index is 1.50. The third kappa shape index (κ3) is 4.85. The molecule has 1 aliphatic heterocycles. The first kappa shape index (κ1) is 20.6. The van der Waals surface area contributed by atoms with Gasteiger partial charge in [0.1, 0.15) is 0 Å². The van der Waals surface area contributed by atoms with E-state index < -0.39 is 6.09 Å². The van der Waals surface area contributed by atoms with Crippen molar-refractivity contribution in [2.24, 2.45) is 17.8 Å². The van der Waals surface area contributed by atoms with Gasteiger partial charge in [-0.1, -0.05) is 37.3 Å². The molecular formula is C22H33N3O3. The fourth-order valence-electron chi connectivity index (χ4n) is 4.80. The number of nitrogens with zero attached hydrogens (tertiary/aromatic N) is 2. The summed E-state index contributed by atoms with van der Waals surface area (Å²) in [4.78, 5) is 27.6. The number of fused-ring (bicyclic) bond motifs is 1. The second-order valence-electron chi connectivity index (χ2n) is 8.68. The van der Waals surface area contributed by atoms with Gasteiger partial charge >= 0.3 is 6.09 Å². The maximum absolute atomic E-state index is 12.7. The van der Waals surface area contributed by atoms with Crippen LogP contribution in [0.15, 0.2) is 30.3 Å². The number of hydrogen-bond acceptors (Lipinski definition) is 3. The Hall–Kier alpha value is -2.08. The van der Waals surface area contributed by atoms with Crippen molar-refractivity contribution in [2.45, 2.75) is 51.7 Å². The van der Waals surface area contributed by atoms with E-state index in [9.17, 15) is 9.59 Å². The van der Waals surface area contributed by atoms with Crippen molar-refractivity contribution in [3.05, 3.63) is 35.9 Å². The number of benzene rings is 1. The van der Waals surface area contributed by atoms with Gasteiger partial charge in [0.15, 0.2) is 0 Å². The molecule has 0 spiro atoms. The van der Waals surface area contributed by atoms with E-state index in [1.165, 1.54) is 16.9 Å². The molecule has 1 aromatic carbocycles. The highest BCUT2D eigenvalue weighted by molar-refractivity contribution is 5.78. The number of rotatable bonds is 7. The monoisotopic (exact) mass is 387 g/mol. The maximum Gasteiger partial charge on any atom is 0.407 e. The Labute approximate surface area is 167 Å². The summed E-state index contributed by atoms with van der Waals surface area (Å²) in [6.07, 6.45) is 1.81. The number of amides is 2. The molecule has 0 bridgehead atoms. The van der Waals surface area contributed by atoms with Crippen molar-refractivity contribution in [1.29, 1.82) is 0 Å². The zero-order valence-corrected chi connectivity index (χ0v) is 17.2. The van der Waals surface area contributed by atoms with Crippen molar-refractivity contribution < 1.29 is 14.7 Å². The zero-order chi connectivity index (χ0) is 20.3. The minimum absolute atomic E-state index is 0.0535. The van der Waals surface area contributed by atoms with Crippen LogP contribution < -0.4 is 5.32 Å². The van der Waals surface area contributed by atoms with E-state index in [1.807, 2.05) is 19.9 Å². The number of carbonyl (C=O) groups is 2.